The first-order valence-corrected chi connectivity index (χ1v) is 12.2. The number of alkyl halides is 3. The second kappa shape index (κ2) is 10.1. The Morgan fingerprint density at radius 3 is 2.65 bits per heavy atom. The third-order valence-electron chi connectivity index (χ3n) is 7.15. The SMILES string of the molecule is N#Cc1ccccc1N1CCN2c3ccc(C(F)(F)F)cc3CC(C(=O)NCCc3ccccn3)C2C1. The number of pyridine rings is 1. The number of nitrogens with zero attached hydrogens (tertiary/aromatic N) is 4. The molecule has 1 amide bonds. The number of anilines is 2. The third kappa shape index (κ3) is 5.10. The van der Waals surface area contributed by atoms with Crippen molar-refractivity contribution in [2.75, 3.05) is 36.0 Å². The molecule has 1 N–H and O–H groups in total. The molecule has 0 saturated carbocycles. The Kier molecular flexibility index (Phi) is 6.74. The number of rotatable bonds is 5. The van der Waals surface area contributed by atoms with E-state index in [4.69, 9.17) is 0 Å². The third-order valence-corrected chi connectivity index (χ3v) is 7.15. The van der Waals surface area contributed by atoms with Crippen LogP contribution in [0.3, 0.4) is 0 Å². The van der Waals surface area contributed by atoms with Crippen molar-refractivity contribution in [3.8, 4) is 6.07 Å². The first-order chi connectivity index (χ1) is 17.8. The van der Waals surface area contributed by atoms with E-state index in [2.05, 4.69) is 26.2 Å². The van der Waals surface area contributed by atoms with E-state index in [0.29, 0.717) is 43.7 Å². The summed E-state index contributed by atoms with van der Waals surface area (Å²) in [5.41, 5.74) is 2.77. The lowest BCUT2D eigenvalue weighted by Crippen LogP contribution is -2.61. The summed E-state index contributed by atoms with van der Waals surface area (Å²) in [7, 11) is 0. The lowest BCUT2D eigenvalue weighted by molar-refractivity contribution is -0.137. The van der Waals surface area contributed by atoms with Gasteiger partial charge < -0.3 is 15.1 Å². The largest absolute Gasteiger partial charge is 0.416 e. The summed E-state index contributed by atoms with van der Waals surface area (Å²) in [4.78, 5) is 21.9. The van der Waals surface area contributed by atoms with Crippen LogP contribution in [0.25, 0.3) is 0 Å². The summed E-state index contributed by atoms with van der Waals surface area (Å²) in [6.45, 7) is 1.98. The Labute approximate surface area is 213 Å². The van der Waals surface area contributed by atoms with Gasteiger partial charge in [-0.2, -0.15) is 18.4 Å². The molecule has 5 rings (SSSR count). The minimum absolute atomic E-state index is 0.190. The molecule has 1 aromatic heterocycles. The summed E-state index contributed by atoms with van der Waals surface area (Å²) in [6, 6.07) is 18.7. The number of fused-ring (bicyclic) bond motifs is 3. The predicted molar refractivity (Wildman–Crippen MR) is 134 cm³/mol. The summed E-state index contributed by atoms with van der Waals surface area (Å²) >= 11 is 0. The van der Waals surface area contributed by atoms with Crippen LogP contribution >= 0.6 is 0 Å². The maximum absolute atomic E-state index is 13.5. The number of halogens is 3. The van der Waals surface area contributed by atoms with Crippen molar-refractivity contribution in [3.63, 3.8) is 0 Å². The van der Waals surface area contributed by atoms with Crippen LogP contribution in [0.2, 0.25) is 0 Å². The fraction of sp³-hybridized carbons (Fsp3) is 0.321. The summed E-state index contributed by atoms with van der Waals surface area (Å²) < 4.78 is 40.4. The molecule has 3 heterocycles. The van der Waals surface area contributed by atoms with Crippen LogP contribution < -0.4 is 15.1 Å². The lowest BCUT2D eigenvalue weighted by atomic mass is 9.82. The minimum atomic E-state index is -4.45. The fourth-order valence-electron chi connectivity index (χ4n) is 5.35. The standard InChI is InChI=1S/C28H26F3N5O/c29-28(30,31)21-8-9-25-20(15-21)16-23(27(37)34-12-10-22-6-3-4-11-33-22)26-18-35(13-14-36(25)26)24-7-2-1-5-19(24)17-32/h1-9,11,15,23,26H,10,12-14,16,18H2,(H,34,37). The molecule has 0 aliphatic carbocycles. The number of carbonyl (C=O) groups is 1. The molecule has 2 aliphatic rings. The van der Waals surface area contributed by atoms with Crippen LogP contribution in [0, 0.1) is 17.2 Å². The maximum Gasteiger partial charge on any atom is 0.416 e. The number of hydrogen-bond donors (Lipinski definition) is 1. The van der Waals surface area contributed by atoms with Crippen LogP contribution in [0.5, 0.6) is 0 Å². The number of aromatic nitrogens is 1. The molecule has 3 aromatic rings. The van der Waals surface area contributed by atoms with Gasteiger partial charge in [0.15, 0.2) is 0 Å². The van der Waals surface area contributed by atoms with E-state index in [0.717, 1.165) is 23.1 Å². The second-order valence-electron chi connectivity index (χ2n) is 9.35. The fourth-order valence-corrected chi connectivity index (χ4v) is 5.35. The number of nitriles is 1. The number of carbonyl (C=O) groups excluding carboxylic acids is 1. The number of nitrogens with one attached hydrogen (secondary N) is 1. The van der Waals surface area contributed by atoms with E-state index in [1.54, 1.807) is 12.3 Å². The zero-order chi connectivity index (χ0) is 26.0. The molecule has 0 spiro atoms. The van der Waals surface area contributed by atoms with Gasteiger partial charge in [-0.1, -0.05) is 18.2 Å². The quantitative estimate of drug-likeness (QED) is 0.563. The highest BCUT2D eigenvalue weighted by Crippen LogP contribution is 2.40. The Morgan fingerprint density at radius 1 is 1.08 bits per heavy atom. The van der Waals surface area contributed by atoms with E-state index in [9.17, 15) is 23.2 Å². The monoisotopic (exact) mass is 505 g/mol. The first kappa shape index (κ1) is 24.6. The predicted octanol–water partition coefficient (Wildman–Crippen LogP) is 4.20. The van der Waals surface area contributed by atoms with Gasteiger partial charge in [0.1, 0.15) is 6.07 Å². The van der Waals surface area contributed by atoms with Gasteiger partial charge in [0.25, 0.3) is 0 Å². The lowest BCUT2D eigenvalue weighted by Gasteiger charge is -2.49. The number of para-hydroxylation sites is 1. The molecule has 37 heavy (non-hydrogen) atoms. The molecule has 0 radical (unpaired) electrons. The van der Waals surface area contributed by atoms with Crippen LogP contribution in [-0.2, 0) is 23.8 Å². The van der Waals surface area contributed by atoms with E-state index in [1.807, 2.05) is 36.4 Å². The number of amides is 1. The van der Waals surface area contributed by atoms with Gasteiger partial charge in [0.05, 0.1) is 28.8 Å². The summed E-state index contributed by atoms with van der Waals surface area (Å²) in [5, 5.41) is 12.6. The molecule has 1 saturated heterocycles. The number of benzene rings is 2. The maximum atomic E-state index is 13.5. The highest BCUT2D eigenvalue weighted by molar-refractivity contribution is 5.82. The zero-order valence-electron chi connectivity index (χ0n) is 20.1. The first-order valence-electron chi connectivity index (χ1n) is 12.2. The minimum Gasteiger partial charge on any atom is -0.367 e. The van der Waals surface area contributed by atoms with E-state index < -0.39 is 17.7 Å². The van der Waals surface area contributed by atoms with E-state index in [1.165, 1.54) is 12.1 Å². The van der Waals surface area contributed by atoms with E-state index >= 15 is 0 Å². The average Bonchev–Trinajstić information content (AvgIpc) is 2.92. The number of piperazine rings is 1. The summed E-state index contributed by atoms with van der Waals surface area (Å²) in [6.07, 6.45) is -1.99. The van der Waals surface area contributed by atoms with Gasteiger partial charge in [-0.3, -0.25) is 9.78 Å². The highest BCUT2D eigenvalue weighted by atomic mass is 19.4. The van der Waals surface area contributed by atoms with Crippen LogP contribution in [0.1, 0.15) is 22.4 Å². The smallest absolute Gasteiger partial charge is 0.367 e. The van der Waals surface area contributed by atoms with Crippen molar-refractivity contribution in [3.05, 3.63) is 89.2 Å². The van der Waals surface area contributed by atoms with Crippen LogP contribution in [-0.4, -0.2) is 43.1 Å². The van der Waals surface area contributed by atoms with Gasteiger partial charge in [0, 0.05) is 50.2 Å². The molecular formula is C28H26F3N5O. The average molecular weight is 506 g/mol. The van der Waals surface area contributed by atoms with Gasteiger partial charge in [0.2, 0.25) is 5.91 Å². The normalized spacial score (nSPS) is 19.0. The van der Waals surface area contributed by atoms with Crippen molar-refractivity contribution in [1.29, 1.82) is 5.26 Å². The van der Waals surface area contributed by atoms with Gasteiger partial charge in [-0.05, 0) is 54.4 Å². The van der Waals surface area contributed by atoms with Crippen molar-refractivity contribution in [1.82, 2.24) is 10.3 Å². The van der Waals surface area contributed by atoms with Crippen LogP contribution in [0.4, 0.5) is 24.5 Å². The van der Waals surface area contributed by atoms with Gasteiger partial charge >= 0.3 is 6.18 Å². The van der Waals surface area contributed by atoms with Crippen molar-refractivity contribution >= 4 is 17.3 Å². The summed E-state index contributed by atoms with van der Waals surface area (Å²) in [5.74, 6) is -0.735. The molecule has 9 heteroatoms. The molecule has 2 unspecified atom stereocenters. The molecule has 0 bridgehead atoms. The highest BCUT2D eigenvalue weighted by Gasteiger charge is 2.43. The molecule has 190 valence electrons. The van der Waals surface area contributed by atoms with Crippen molar-refractivity contribution in [2.45, 2.75) is 25.1 Å². The van der Waals surface area contributed by atoms with Gasteiger partial charge in [-0.25, -0.2) is 0 Å². The molecule has 1 fully saturated rings. The topological polar surface area (TPSA) is 72.3 Å². The number of hydrogen-bond acceptors (Lipinski definition) is 5. The second-order valence-corrected chi connectivity index (χ2v) is 9.35. The Balaban J connectivity index is 1.42. The Morgan fingerprint density at radius 2 is 1.89 bits per heavy atom. The Hall–Kier alpha value is -4.06. The zero-order valence-corrected chi connectivity index (χ0v) is 20.1. The van der Waals surface area contributed by atoms with Crippen molar-refractivity contribution in [2.24, 2.45) is 5.92 Å². The van der Waals surface area contributed by atoms with Crippen molar-refractivity contribution < 1.29 is 18.0 Å². The molecular weight excluding hydrogens is 479 g/mol. The molecule has 6 nitrogen and oxygen atoms in total. The Bertz CT molecular complexity index is 1320. The van der Waals surface area contributed by atoms with Crippen LogP contribution in [0.15, 0.2) is 66.9 Å². The molecule has 2 aromatic carbocycles. The molecule has 2 aliphatic heterocycles. The molecule has 2 atom stereocenters. The van der Waals surface area contributed by atoms with Gasteiger partial charge in [-0.15, -0.1) is 0 Å². The van der Waals surface area contributed by atoms with E-state index in [-0.39, 0.29) is 18.4 Å².